The van der Waals surface area contributed by atoms with Crippen molar-refractivity contribution in [3.05, 3.63) is 83.4 Å². The zero-order valence-corrected chi connectivity index (χ0v) is 19.3. The van der Waals surface area contributed by atoms with Crippen molar-refractivity contribution in [3.8, 4) is 11.3 Å². The molecule has 4 nitrogen and oxygen atoms in total. The van der Waals surface area contributed by atoms with Crippen molar-refractivity contribution in [2.45, 2.75) is 25.6 Å². The monoisotopic (exact) mass is 501 g/mol. The number of hydrogen-bond acceptors (Lipinski definition) is 3. The summed E-state index contributed by atoms with van der Waals surface area (Å²) in [6.07, 6.45) is -2.92. The molecule has 0 atom stereocenters. The van der Waals surface area contributed by atoms with Crippen LogP contribution in [-0.4, -0.2) is 34.6 Å². The van der Waals surface area contributed by atoms with E-state index in [0.717, 1.165) is 49.8 Å². The van der Waals surface area contributed by atoms with Gasteiger partial charge in [-0.15, -0.1) is 0 Å². The Bertz CT molecular complexity index is 1390. The lowest BCUT2D eigenvalue weighted by Crippen LogP contribution is -2.34. The Labute approximate surface area is 204 Å². The van der Waals surface area contributed by atoms with Crippen molar-refractivity contribution >= 4 is 16.6 Å². The van der Waals surface area contributed by atoms with E-state index in [1.165, 1.54) is 16.8 Å². The van der Waals surface area contributed by atoms with Gasteiger partial charge >= 0.3 is 6.18 Å². The Kier molecular flexibility index (Phi) is 6.42. The molecule has 1 N–H and O–H groups in total. The molecule has 1 aromatic heterocycles. The first-order chi connectivity index (χ1) is 17.2. The minimum atomic E-state index is -4.62. The zero-order valence-electron chi connectivity index (χ0n) is 19.3. The first kappa shape index (κ1) is 24.2. The minimum Gasteiger partial charge on any atom is -0.396 e. The Morgan fingerprint density at radius 2 is 1.69 bits per heavy atom. The highest BCUT2D eigenvalue weighted by atomic mass is 19.4. The highest BCUT2D eigenvalue weighted by Crippen LogP contribution is 2.39. The van der Waals surface area contributed by atoms with E-state index in [4.69, 9.17) is 0 Å². The van der Waals surface area contributed by atoms with E-state index >= 15 is 0 Å². The van der Waals surface area contributed by atoms with Crippen molar-refractivity contribution in [2.75, 3.05) is 24.6 Å². The average molecular weight is 501 g/mol. The van der Waals surface area contributed by atoms with Gasteiger partial charge in [0.2, 0.25) is 0 Å². The summed E-state index contributed by atoms with van der Waals surface area (Å²) in [5, 5.41) is 14.0. The quantitative estimate of drug-likeness (QED) is 0.329. The summed E-state index contributed by atoms with van der Waals surface area (Å²) in [6.45, 7) is 1.50. The number of nitrogens with zero attached hydrogens (tertiary/aromatic N) is 3. The number of hydrogen-bond donors (Lipinski definition) is 1. The van der Waals surface area contributed by atoms with Gasteiger partial charge in [-0.25, -0.2) is 8.78 Å². The summed E-state index contributed by atoms with van der Waals surface area (Å²) in [5.74, 6) is -1.27. The third-order valence-corrected chi connectivity index (χ3v) is 6.77. The van der Waals surface area contributed by atoms with E-state index in [-0.39, 0.29) is 30.1 Å². The standard InChI is InChI=1S/C27H24F5N3O/c28-20-8-7-19(24(29)14-20)15-35-26(22-5-2-6-23(25(22)33-35)27(30,31)32)18-3-1-4-21(13-18)34-11-9-17(16-36)10-12-34/h1-8,13-14,17,36H,9-12,15-16H2. The fourth-order valence-corrected chi connectivity index (χ4v) is 4.83. The summed E-state index contributed by atoms with van der Waals surface area (Å²) in [6, 6.07) is 14.5. The predicted molar refractivity (Wildman–Crippen MR) is 128 cm³/mol. The van der Waals surface area contributed by atoms with Crippen LogP contribution in [-0.2, 0) is 12.7 Å². The van der Waals surface area contributed by atoms with Crippen molar-refractivity contribution in [1.82, 2.24) is 9.78 Å². The van der Waals surface area contributed by atoms with Gasteiger partial charge in [-0.3, -0.25) is 4.68 Å². The minimum absolute atomic E-state index is 0.112. The molecule has 9 heteroatoms. The molecule has 0 saturated carbocycles. The molecule has 1 aliphatic rings. The van der Waals surface area contributed by atoms with Crippen LogP contribution in [0.4, 0.5) is 27.6 Å². The van der Waals surface area contributed by atoms with Crippen LogP contribution in [0.25, 0.3) is 22.2 Å². The highest BCUT2D eigenvalue weighted by molar-refractivity contribution is 5.95. The van der Waals surface area contributed by atoms with Gasteiger partial charge in [-0.05, 0) is 43.0 Å². The Hall–Kier alpha value is -3.46. The molecule has 0 radical (unpaired) electrons. The lowest BCUT2D eigenvalue weighted by atomic mass is 9.97. The van der Waals surface area contributed by atoms with Gasteiger partial charge in [0, 0.05) is 48.0 Å². The molecule has 0 unspecified atom stereocenters. The maximum absolute atomic E-state index is 14.5. The molecule has 188 valence electrons. The molecule has 36 heavy (non-hydrogen) atoms. The second-order valence-corrected chi connectivity index (χ2v) is 9.10. The fourth-order valence-electron chi connectivity index (χ4n) is 4.83. The van der Waals surface area contributed by atoms with E-state index in [9.17, 15) is 27.1 Å². The van der Waals surface area contributed by atoms with E-state index in [1.54, 1.807) is 12.1 Å². The van der Waals surface area contributed by atoms with Gasteiger partial charge in [0.25, 0.3) is 0 Å². The Morgan fingerprint density at radius 3 is 2.39 bits per heavy atom. The number of fused-ring (bicyclic) bond motifs is 1. The Morgan fingerprint density at radius 1 is 0.944 bits per heavy atom. The van der Waals surface area contributed by atoms with Gasteiger partial charge in [0.05, 0.1) is 17.8 Å². The fraction of sp³-hybridized carbons (Fsp3) is 0.296. The number of aromatic nitrogens is 2. The van der Waals surface area contributed by atoms with Crippen LogP contribution in [0, 0.1) is 17.6 Å². The van der Waals surface area contributed by atoms with E-state index in [1.807, 2.05) is 18.2 Å². The largest absolute Gasteiger partial charge is 0.418 e. The molecular formula is C27H24F5N3O. The molecule has 0 aliphatic carbocycles. The van der Waals surface area contributed by atoms with Crippen LogP contribution >= 0.6 is 0 Å². The molecule has 0 amide bonds. The summed E-state index contributed by atoms with van der Waals surface area (Å²) in [5.41, 5.74) is 0.984. The summed E-state index contributed by atoms with van der Waals surface area (Å²) >= 11 is 0. The number of aliphatic hydroxyl groups is 1. The maximum Gasteiger partial charge on any atom is 0.418 e. The van der Waals surface area contributed by atoms with Crippen LogP contribution in [0.1, 0.15) is 24.0 Å². The van der Waals surface area contributed by atoms with Crippen LogP contribution in [0.3, 0.4) is 0 Å². The van der Waals surface area contributed by atoms with Crippen LogP contribution in [0.2, 0.25) is 0 Å². The molecule has 2 heterocycles. The smallest absolute Gasteiger partial charge is 0.396 e. The average Bonchev–Trinajstić information content (AvgIpc) is 3.23. The summed E-state index contributed by atoms with van der Waals surface area (Å²) < 4.78 is 70.6. The normalized spacial score (nSPS) is 15.1. The van der Waals surface area contributed by atoms with E-state index in [0.29, 0.717) is 16.6 Å². The van der Waals surface area contributed by atoms with Gasteiger partial charge < -0.3 is 10.0 Å². The SMILES string of the molecule is OCC1CCN(c2cccc(-c3c4cccc(C(F)(F)F)c4nn3Cc3ccc(F)cc3F)c2)CC1. The van der Waals surface area contributed by atoms with E-state index in [2.05, 4.69) is 10.00 Å². The van der Waals surface area contributed by atoms with Gasteiger partial charge in [-0.2, -0.15) is 18.3 Å². The summed E-state index contributed by atoms with van der Waals surface area (Å²) in [4.78, 5) is 2.18. The maximum atomic E-state index is 14.5. The lowest BCUT2D eigenvalue weighted by Gasteiger charge is -2.33. The number of alkyl halides is 3. The van der Waals surface area contributed by atoms with Crippen molar-refractivity contribution in [3.63, 3.8) is 0 Å². The molecular weight excluding hydrogens is 477 g/mol. The number of benzene rings is 3. The highest BCUT2D eigenvalue weighted by Gasteiger charge is 2.34. The van der Waals surface area contributed by atoms with Gasteiger partial charge in [0.1, 0.15) is 17.2 Å². The van der Waals surface area contributed by atoms with Crippen LogP contribution < -0.4 is 4.90 Å². The number of aliphatic hydroxyl groups excluding tert-OH is 1. The van der Waals surface area contributed by atoms with Crippen molar-refractivity contribution in [2.24, 2.45) is 5.92 Å². The number of anilines is 1. The van der Waals surface area contributed by atoms with Crippen LogP contribution in [0.15, 0.2) is 60.7 Å². The molecule has 1 fully saturated rings. The van der Waals surface area contributed by atoms with Crippen LogP contribution in [0.5, 0.6) is 0 Å². The van der Waals surface area contributed by atoms with Crippen molar-refractivity contribution in [1.29, 1.82) is 0 Å². The Balaban J connectivity index is 1.63. The molecule has 0 bridgehead atoms. The lowest BCUT2D eigenvalue weighted by molar-refractivity contribution is -0.136. The zero-order chi connectivity index (χ0) is 25.4. The number of rotatable bonds is 5. The number of halogens is 5. The second kappa shape index (κ2) is 9.54. The van der Waals surface area contributed by atoms with E-state index < -0.39 is 23.4 Å². The first-order valence-electron chi connectivity index (χ1n) is 11.7. The molecule has 3 aromatic carbocycles. The third kappa shape index (κ3) is 4.67. The van der Waals surface area contributed by atoms with Crippen molar-refractivity contribution < 1.29 is 27.1 Å². The molecule has 1 aliphatic heterocycles. The molecule has 4 aromatic rings. The predicted octanol–water partition coefficient (Wildman–Crippen LogP) is 6.26. The topological polar surface area (TPSA) is 41.3 Å². The molecule has 1 saturated heterocycles. The van der Waals surface area contributed by atoms with Gasteiger partial charge in [-0.1, -0.05) is 30.3 Å². The third-order valence-electron chi connectivity index (χ3n) is 6.77. The first-order valence-corrected chi connectivity index (χ1v) is 11.7. The molecule has 0 spiro atoms. The molecule has 5 rings (SSSR count). The second-order valence-electron chi connectivity index (χ2n) is 9.10. The summed E-state index contributed by atoms with van der Waals surface area (Å²) in [7, 11) is 0. The number of piperidine rings is 1. The van der Waals surface area contributed by atoms with Gasteiger partial charge in [0.15, 0.2) is 0 Å².